The molecule has 0 spiro atoms. The number of carbonyl (C=O) groups is 1. The predicted molar refractivity (Wildman–Crippen MR) is 122 cm³/mol. The van der Waals surface area contributed by atoms with Crippen LogP contribution in [-0.4, -0.2) is 11.9 Å². The Labute approximate surface area is 180 Å². The number of hydrogen-bond acceptors (Lipinski definition) is 4. The molecule has 0 bridgehead atoms. The van der Waals surface area contributed by atoms with Gasteiger partial charge in [0.25, 0.3) is 0 Å². The molecule has 1 heterocycles. The summed E-state index contributed by atoms with van der Waals surface area (Å²) in [4.78, 5) is 16.9. The quantitative estimate of drug-likeness (QED) is 0.313. The van der Waals surface area contributed by atoms with Crippen molar-refractivity contribution < 1.29 is 14.3 Å². The molecule has 0 unspecified atom stereocenters. The van der Waals surface area contributed by atoms with Crippen LogP contribution >= 0.6 is 0 Å². The monoisotopic (exact) mass is 405 g/mol. The van der Waals surface area contributed by atoms with E-state index in [1.807, 2.05) is 97.1 Å². The molecule has 0 N–H and O–H groups in total. The molecule has 4 nitrogen and oxygen atoms in total. The summed E-state index contributed by atoms with van der Waals surface area (Å²) in [5.74, 6) is 0.589. The Bertz CT molecular complexity index is 1320. The Morgan fingerprint density at radius 1 is 0.839 bits per heavy atom. The first-order valence-corrected chi connectivity index (χ1v) is 10.0. The van der Waals surface area contributed by atoms with Gasteiger partial charge in [-0.1, -0.05) is 78.9 Å². The van der Waals surface area contributed by atoms with Crippen LogP contribution in [0.3, 0.4) is 0 Å². The number of rotatable bonds is 5. The third kappa shape index (κ3) is 4.09. The summed E-state index contributed by atoms with van der Waals surface area (Å²) in [6, 6.07) is 31.4. The molecule has 150 valence electrons. The number of carbonyl (C=O) groups excluding carboxylic acids is 1. The maximum absolute atomic E-state index is 12.5. The first kappa shape index (κ1) is 18.8. The first-order valence-electron chi connectivity index (χ1n) is 10.0. The van der Waals surface area contributed by atoms with E-state index in [1.165, 1.54) is 0 Å². The van der Waals surface area contributed by atoms with Crippen molar-refractivity contribution in [3.05, 3.63) is 119 Å². The standard InChI is InChI=1S/C27H19NO3/c29-27-25(28-26(31-27)24-15-7-12-21-11-4-5-14-23(21)24)17-20-10-6-13-22(16-20)30-18-19-8-2-1-3-9-19/h1-17H,18H2/b25-17-. The average molecular weight is 405 g/mol. The molecule has 1 aliphatic rings. The summed E-state index contributed by atoms with van der Waals surface area (Å²) < 4.78 is 11.4. The van der Waals surface area contributed by atoms with E-state index in [2.05, 4.69) is 4.99 Å². The summed E-state index contributed by atoms with van der Waals surface area (Å²) in [6.45, 7) is 0.478. The number of ether oxygens (including phenoxy) is 2. The second-order valence-electron chi connectivity index (χ2n) is 7.21. The molecule has 0 aliphatic carbocycles. The van der Waals surface area contributed by atoms with Crippen LogP contribution in [0.2, 0.25) is 0 Å². The number of cyclic esters (lactones) is 1. The van der Waals surface area contributed by atoms with Gasteiger partial charge in [0.2, 0.25) is 5.90 Å². The lowest BCUT2D eigenvalue weighted by atomic mass is 10.0. The van der Waals surface area contributed by atoms with E-state index in [1.54, 1.807) is 6.08 Å². The minimum atomic E-state index is -0.460. The SMILES string of the molecule is O=C1OC(c2cccc3ccccc23)=N/C1=C\c1cccc(OCc2ccccc2)c1. The normalized spacial score (nSPS) is 14.5. The smallest absolute Gasteiger partial charge is 0.363 e. The van der Waals surface area contributed by atoms with Gasteiger partial charge in [-0.3, -0.25) is 0 Å². The lowest BCUT2D eigenvalue weighted by Gasteiger charge is -2.07. The van der Waals surface area contributed by atoms with Crippen molar-refractivity contribution in [1.82, 2.24) is 0 Å². The maximum atomic E-state index is 12.5. The van der Waals surface area contributed by atoms with Gasteiger partial charge in [-0.15, -0.1) is 0 Å². The largest absolute Gasteiger partial charge is 0.489 e. The summed E-state index contributed by atoms with van der Waals surface area (Å²) >= 11 is 0. The molecule has 31 heavy (non-hydrogen) atoms. The number of benzene rings is 4. The lowest BCUT2D eigenvalue weighted by Crippen LogP contribution is -2.05. The summed E-state index contributed by atoms with van der Waals surface area (Å²) in [6.07, 6.45) is 1.72. The highest BCUT2D eigenvalue weighted by Gasteiger charge is 2.25. The van der Waals surface area contributed by atoms with Gasteiger partial charge in [0.1, 0.15) is 12.4 Å². The maximum Gasteiger partial charge on any atom is 0.363 e. The third-order valence-electron chi connectivity index (χ3n) is 5.05. The van der Waals surface area contributed by atoms with Crippen molar-refractivity contribution in [1.29, 1.82) is 0 Å². The number of esters is 1. The predicted octanol–water partition coefficient (Wildman–Crippen LogP) is 5.76. The van der Waals surface area contributed by atoms with Gasteiger partial charge in [-0.2, -0.15) is 0 Å². The first-order chi connectivity index (χ1) is 15.3. The fraction of sp³-hybridized carbons (Fsp3) is 0.0370. The van der Waals surface area contributed by atoms with E-state index in [0.717, 1.165) is 33.2 Å². The van der Waals surface area contributed by atoms with Crippen LogP contribution in [0, 0.1) is 0 Å². The Morgan fingerprint density at radius 3 is 2.52 bits per heavy atom. The zero-order valence-corrected chi connectivity index (χ0v) is 16.7. The van der Waals surface area contributed by atoms with Gasteiger partial charge in [-0.25, -0.2) is 9.79 Å². The van der Waals surface area contributed by atoms with Crippen LogP contribution in [0.5, 0.6) is 5.75 Å². The van der Waals surface area contributed by atoms with Gasteiger partial charge in [-0.05, 0) is 46.2 Å². The fourth-order valence-corrected chi connectivity index (χ4v) is 3.53. The van der Waals surface area contributed by atoms with E-state index in [4.69, 9.17) is 9.47 Å². The number of nitrogens with zero attached hydrogens (tertiary/aromatic N) is 1. The third-order valence-corrected chi connectivity index (χ3v) is 5.05. The van der Waals surface area contributed by atoms with E-state index >= 15 is 0 Å². The molecule has 1 aliphatic heterocycles. The number of aliphatic imine (C=N–C) groups is 1. The van der Waals surface area contributed by atoms with E-state index in [9.17, 15) is 4.79 Å². The molecule has 0 radical (unpaired) electrons. The van der Waals surface area contributed by atoms with Crippen LogP contribution in [0.1, 0.15) is 16.7 Å². The second-order valence-corrected chi connectivity index (χ2v) is 7.21. The van der Waals surface area contributed by atoms with Crippen molar-refractivity contribution >= 4 is 28.7 Å². The molecule has 4 heteroatoms. The fourth-order valence-electron chi connectivity index (χ4n) is 3.53. The van der Waals surface area contributed by atoms with Crippen molar-refractivity contribution in [2.45, 2.75) is 6.61 Å². The van der Waals surface area contributed by atoms with E-state index in [0.29, 0.717) is 12.5 Å². The average Bonchev–Trinajstić information content (AvgIpc) is 3.18. The molecule has 0 saturated carbocycles. The Balaban J connectivity index is 1.40. The second kappa shape index (κ2) is 8.28. The van der Waals surface area contributed by atoms with Gasteiger partial charge < -0.3 is 9.47 Å². The lowest BCUT2D eigenvalue weighted by molar-refractivity contribution is -0.129. The highest BCUT2D eigenvalue weighted by atomic mass is 16.6. The summed E-state index contributed by atoms with van der Waals surface area (Å²) in [5.41, 5.74) is 2.98. The van der Waals surface area contributed by atoms with Crippen LogP contribution in [0.15, 0.2) is 108 Å². The molecule has 0 fully saturated rings. The summed E-state index contributed by atoms with van der Waals surface area (Å²) in [7, 11) is 0. The topological polar surface area (TPSA) is 47.9 Å². The van der Waals surface area contributed by atoms with E-state index < -0.39 is 5.97 Å². The Hall–Kier alpha value is -4.18. The molecule has 0 aromatic heterocycles. The van der Waals surface area contributed by atoms with Crippen molar-refractivity contribution in [2.24, 2.45) is 4.99 Å². The number of fused-ring (bicyclic) bond motifs is 1. The van der Waals surface area contributed by atoms with Crippen molar-refractivity contribution in [3.63, 3.8) is 0 Å². The van der Waals surface area contributed by atoms with Crippen LogP contribution < -0.4 is 4.74 Å². The molecular weight excluding hydrogens is 386 g/mol. The van der Waals surface area contributed by atoms with Crippen LogP contribution in [-0.2, 0) is 16.1 Å². The Kier molecular flexibility index (Phi) is 5.03. The molecule has 4 aromatic rings. The minimum Gasteiger partial charge on any atom is -0.489 e. The van der Waals surface area contributed by atoms with Gasteiger partial charge in [0.05, 0.1) is 0 Å². The molecular formula is C27H19NO3. The molecule has 0 saturated heterocycles. The minimum absolute atomic E-state index is 0.267. The highest BCUT2D eigenvalue weighted by Crippen LogP contribution is 2.25. The van der Waals surface area contributed by atoms with Crippen molar-refractivity contribution in [2.75, 3.05) is 0 Å². The highest BCUT2D eigenvalue weighted by molar-refractivity contribution is 6.17. The zero-order valence-electron chi connectivity index (χ0n) is 16.7. The van der Waals surface area contributed by atoms with Crippen LogP contribution in [0.4, 0.5) is 0 Å². The van der Waals surface area contributed by atoms with Gasteiger partial charge in [0.15, 0.2) is 5.70 Å². The zero-order chi connectivity index (χ0) is 21.0. The summed E-state index contributed by atoms with van der Waals surface area (Å²) in [5, 5.41) is 2.06. The molecule has 0 amide bonds. The van der Waals surface area contributed by atoms with Gasteiger partial charge in [0, 0.05) is 5.56 Å². The Morgan fingerprint density at radius 2 is 1.61 bits per heavy atom. The molecule has 4 aromatic carbocycles. The van der Waals surface area contributed by atoms with Crippen molar-refractivity contribution in [3.8, 4) is 5.75 Å². The molecule has 5 rings (SSSR count). The van der Waals surface area contributed by atoms with Crippen LogP contribution in [0.25, 0.3) is 16.8 Å². The van der Waals surface area contributed by atoms with E-state index in [-0.39, 0.29) is 5.70 Å². The molecule has 0 atom stereocenters. The number of hydrogen-bond donors (Lipinski definition) is 0. The van der Waals surface area contributed by atoms with Gasteiger partial charge >= 0.3 is 5.97 Å².